The third-order valence-corrected chi connectivity index (χ3v) is 3.71. The summed E-state index contributed by atoms with van der Waals surface area (Å²) in [6.45, 7) is 10.3. The fourth-order valence-corrected chi connectivity index (χ4v) is 2.50. The van der Waals surface area contributed by atoms with Crippen LogP contribution in [-0.4, -0.2) is 23.9 Å². The van der Waals surface area contributed by atoms with Crippen LogP contribution in [0.2, 0.25) is 0 Å². The van der Waals surface area contributed by atoms with Gasteiger partial charge in [-0.25, -0.2) is 0 Å². The Kier molecular flexibility index (Phi) is 6.61. The van der Waals surface area contributed by atoms with Gasteiger partial charge in [-0.2, -0.15) is 0 Å². The Labute approximate surface area is 117 Å². The van der Waals surface area contributed by atoms with Crippen molar-refractivity contribution in [2.24, 2.45) is 11.8 Å². The lowest BCUT2D eigenvalue weighted by molar-refractivity contribution is 0.0641. The third-order valence-electron chi connectivity index (χ3n) is 3.71. The van der Waals surface area contributed by atoms with E-state index in [2.05, 4.69) is 13.8 Å². The molecule has 0 aliphatic carbocycles. The molecular weight excluding hydrogens is 234 g/mol. The summed E-state index contributed by atoms with van der Waals surface area (Å²) in [5, 5.41) is 0. The van der Waals surface area contributed by atoms with Crippen molar-refractivity contribution in [1.82, 2.24) is 4.90 Å². The van der Waals surface area contributed by atoms with Crippen molar-refractivity contribution in [3.05, 3.63) is 35.9 Å². The lowest BCUT2D eigenvalue weighted by Gasteiger charge is -2.34. The van der Waals surface area contributed by atoms with Gasteiger partial charge < -0.3 is 4.90 Å². The second-order valence-electron chi connectivity index (χ2n) is 5.26. The first-order chi connectivity index (χ1) is 9.18. The molecule has 2 nitrogen and oxygen atoms in total. The Morgan fingerprint density at radius 1 is 1.21 bits per heavy atom. The van der Waals surface area contributed by atoms with Crippen LogP contribution in [0.1, 0.15) is 50.9 Å². The molecular formula is C17H27NO. The van der Waals surface area contributed by atoms with Crippen molar-refractivity contribution in [1.29, 1.82) is 0 Å². The normalized spacial score (nSPS) is 18.8. The zero-order valence-corrected chi connectivity index (χ0v) is 12.7. The van der Waals surface area contributed by atoms with Gasteiger partial charge in [-0.3, -0.25) is 4.79 Å². The van der Waals surface area contributed by atoms with Crippen LogP contribution < -0.4 is 0 Å². The maximum absolute atomic E-state index is 12.3. The summed E-state index contributed by atoms with van der Waals surface area (Å²) >= 11 is 0. The van der Waals surface area contributed by atoms with Crippen molar-refractivity contribution >= 4 is 5.91 Å². The van der Waals surface area contributed by atoms with Crippen LogP contribution in [0.4, 0.5) is 0 Å². The van der Waals surface area contributed by atoms with Crippen LogP contribution in [-0.2, 0) is 0 Å². The fraction of sp³-hybridized carbons (Fsp3) is 0.588. The van der Waals surface area contributed by atoms with Crippen LogP contribution in [0.15, 0.2) is 30.3 Å². The molecule has 1 saturated heterocycles. The highest BCUT2D eigenvalue weighted by Crippen LogP contribution is 2.24. The molecule has 1 aromatic carbocycles. The molecule has 1 amide bonds. The molecule has 0 N–H and O–H groups in total. The fourth-order valence-electron chi connectivity index (χ4n) is 2.50. The quantitative estimate of drug-likeness (QED) is 0.780. The number of carbonyl (C=O) groups excluding carboxylic acids is 1. The Morgan fingerprint density at radius 3 is 2.42 bits per heavy atom. The highest BCUT2D eigenvalue weighted by atomic mass is 16.2. The molecule has 1 heterocycles. The number of nitrogens with zero attached hydrogens (tertiary/aromatic N) is 1. The minimum absolute atomic E-state index is 0.191. The number of hydrogen-bond acceptors (Lipinski definition) is 1. The smallest absolute Gasteiger partial charge is 0.253 e. The van der Waals surface area contributed by atoms with E-state index in [0.29, 0.717) is 11.8 Å². The summed E-state index contributed by atoms with van der Waals surface area (Å²) in [4.78, 5) is 14.3. The predicted molar refractivity (Wildman–Crippen MR) is 81.3 cm³/mol. The lowest BCUT2D eigenvalue weighted by Crippen LogP contribution is -2.41. The molecule has 106 valence electrons. The zero-order chi connectivity index (χ0) is 14.3. The number of carbonyl (C=O) groups is 1. The average Bonchev–Trinajstić information content (AvgIpc) is 2.49. The molecule has 2 rings (SSSR count). The predicted octanol–water partition coefficient (Wildman–Crippen LogP) is 4.22. The van der Waals surface area contributed by atoms with E-state index in [1.54, 1.807) is 0 Å². The van der Waals surface area contributed by atoms with Gasteiger partial charge >= 0.3 is 0 Å². The van der Waals surface area contributed by atoms with Crippen molar-refractivity contribution in [3.8, 4) is 0 Å². The molecule has 1 aliphatic rings. The maximum Gasteiger partial charge on any atom is 0.253 e. The van der Waals surface area contributed by atoms with Crippen LogP contribution in [0.5, 0.6) is 0 Å². The first-order valence-corrected chi connectivity index (χ1v) is 7.53. The Morgan fingerprint density at radius 2 is 1.84 bits per heavy atom. The standard InChI is InChI=1S/C15H21NO.C2H6/c1-12(2)14-9-6-10-16(11-14)15(17)13-7-4-3-5-8-13;1-2/h3-5,7-8,12,14H,6,9-11H2,1-2H3;1-2H3. The molecule has 19 heavy (non-hydrogen) atoms. The molecule has 1 aromatic rings. The van der Waals surface area contributed by atoms with E-state index in [9.17, 15) is 4.79 Å². The van der Waals surface area contributed by atoms with Gasteiger partial charge in [0.05, 0.1) is 0 Å². The van der Waals surface area contributed by atoms with Crippen molar-refractivity contribution in [2.45, 2.75) is 40.5 Å². The molecule has 2 heteroatoms. The summed E-state index contributed by atoms with van der Waals surface area (Å²) in [6.07, 6.45) is 2.40. The van der Waals surface area contributed by atoms with Crippen LogP contribution in [0, 0.1) is 11.8 Å². The monoisotopic (exact) mass is 261 g/mol. The molecule has 1 atom stereocenters. The topological polar surface area (TPSA) is 20.3 Å². The van der Waals surface area contributed by atoms with Crippen molar-refractivity contribution in [2.75, 3.05) is 13.1 Å². The summed E-state index contributed by atoms with van der Waals surface area (Å²) in [5.41, 5.74) is 0.817. The van der Waals surface area contributed by atoms with E-state index in [-0.39, 0.29) is 5.91 Å². The Hall–Kier alpha value is -1.31. The van der Waals surface area contributed by atoms with Gasteiger partial charge in [0.1, 0.15) is 0 Å². The maximum atomic E-state index is 12.3. The first-order valence-electron chi connectivity index (χ1n) is 7.53. The molecule has 1 aliphatic heterocycles. The van der Waals surface area contributed by atoms with Gasteiger partial charge in [-0.15, -0.1) is 0 Å². The number of likely N-dealkylation sites (tertiary alicyclic amines) is 1. The van der Waals surface area contributed by atoms with Gasteiger partial charge in [0.2, 0.25) is 0 Å². The molecule has 0 aromatic heterocycles. The van der Waals surface area contributed by atoms with E-state index in [1.165, 1.54) is 6.42 Å². The lowest BCUT2D eigenvalue weighted by atomic mass is 9.87. The molecule has 0 radical (unpaired) electrons. The number of amides is 1. The van der Waals surface area contributed by atoms with Crippen LogP contribution in [0.25, 0.3) is 0 Å². The highest BCUT2D eigenvalue weighted by Gasteiger charge is 2.25. The summed E-state index contributed by atoms with van der Waals surface area (Å²) in [7, 11) is 0. The van der Waals surface area contributed by atoms with Crippen molar-refractivity contribution in [3.63, 3.8) is 0 Å². The first kappa shape index (κ1) is 15.7. The summed E-state index contributed by atoms with van der Waals surface area (Å²) in [5.74, 6) is 1.52. The minimum atomic E-state index is 0.191. The molecule has 1 fully saturated rings. The Bertz CT molecular complexity index is 372. The number of benzene rings is 1. The summed E-state index contributed by atoms with van der Waals surface area (Å²) in [6, 6.07) is 9.61. The van der Waals surface area contributed by atoms with Gasteiger partial charge in [0.15, 0.2) is 0 Å². The molecule has 0 spiro atoms. The van der Waals surface area contributed by atoms with E-state index in [4.69, 9.17) is 0 Å². The van der Waals surface area contributed by atoms with Crippen molar-refractivity contribution < 1.29 is 4.79 Å². The highest BCUT2D eigenvalue weighted by molar-refractivity contribution is 5.94. The third kappa shape index (κ3) is 4.38. The second kappa shape index (κ2) is 7.98. The van der Waals surface area contributed by atoms with Crippen LogP contribution in [0.3, 0.4) is 0 Å². The van der Waals surface area contributed by atoms with E-state index in [1.807, 2.05) is 49.1 Å². The summed E-state index contributed by atoms with van der Waals surface area (Å²) < 4.78 is 0. The van der Waals surface area contributed by atoms with E-state index < -0.39 is 0 Å². The Balaban J connectivity index is 0.000000861. The number of rotatable bonds is 2. The molecule has 0 saturated carbocycles. The molecule has 0 bridgehead atoms. The minimum Gasteiger partial charge on any atom is -0.338 e. The average molecular weight is 261 g/mol. The van der Waals surface area contributed by atoms with Gasteiger partial charge in [0.25, 0.3) is 5.91 Å². The largest absolute Gasteiger partial charge is 0.338 e. The SMILES string of the molecule is CC.CC(C)C1CCCN(C(=O)c2ccccc2)C1. The second-order valence-corrected chi connectivity index (χ2v) is 5.26. The number of hydrogen-bond donors (Lipinski definition) is 0. The number of piperidine rings is 1. The van der Waals surface area contributed by atoms with Crippen LogP contribution >= 0.6 is 0 Å². The van der Waals surface area contributed by atoms with Gasteiger partial charge in [0, 0.05) is 18.7 Å². The van der Waals surface area contributed by atoms with Gasteiger partial charge in [-0.05, 0) is 36.8 Å². The zero-order valence-electron chi connectivity index (χ0n) is 12.7. The van der Waals surface area contributed by atoms with E-state index in [0.717, 1.165) is 25.1 Å². The van der Waals surface area contributed by atoms with Gasteiger partial charge in [-0.1, -0.05) is 45.9 Å². The molecule has 1 unspecified atom stereocenters. The van der Waals surface area contributed by atoms with E-state index >= 15 is 0 Å².